The van der Waals surface area contributed by atoms with Gasteiger partial charge in [-0.05, 0) is 61.4 Å². The third-order valence-electron chi connectivity index (χ3n) is 3.67. The fourth-order valence-electron chi connectivity index (χ4n) is 2.89. The summed E-state index contributed by atoms with van der Waals surface area (Å²) in [4.78, 5) is 14.8. The van der Waals surface area contributed by atoms with E-state index in [1.165, 1.54) is 0 Å². The molecule has 0 unspecified atom stereocenters. The minimum absolute atomic E-state index is 0.00853. The Kier molecular flexibility index (Phi) is 6.16. The number of halogens is 1. The van der Waals surface area contributed by atoms with Crippen LogP contribution in [0.1, 0.15) is 38.1 Å². The van der Waals surface area contributed by atoms with Gasteiger partial charge in [0.25, 0.3) is 5.91 Å². The number of hydrogen-bond donors (Lipinski definition) is 1. The molecule has 25 heavy (non-hydrogen) atoms. The van der Waals surface area contributed by atoms with Crippen molar-refractivity contribution in [3.63, 3.8) is 0 Å². The molecule has 2 aromatic rings. The van der Waals surface area contributed by atoms with Crippen LogP contribution in [-0.4, -0.2) is 44.1 Å². The van der Waals surface area contributed by atoms with Crippen LogP contribution in [-0.2, 0) is 0 Å². The number of hydrogen-bond acceptors (Lipinski definition) is 4. The quantitative estimate of drug-likeness (QED) is 0.738. The summed E-state index contributed by atoms with van der Waals surface area (Å²) < 4.78 is 12.1. The van der Waals surface area contributed by atoms with Gasteiger partial charge in [-0.25, -0.2) is 0 Å². The number of carbonyl (C=O) groups excluding carboxylic acids is 1. The highest BCUT2D eigenvalue weighted by molar-refractivity contribution is 9.10. The molecule has 2 rings (SSSR count). The van der Waals surface area contributed by atoms with Gasteiger partial charge in [-0.1, -0.05) is 13.8 Å². The first-order chi connectivity index (χ1) is 11.6. The molecule has 0 spiro atoms. The number of fused-ring (bicyclic) bond motifs is 1. The fraction of sp³-hybridized carbons (Fsp3) is 0.526. The van der Waals surface area contributed by atoms with Gasteiger partial charge in [-0.3, -0.25) is 4.79 Å². The Morgan fingerprint density at radius 2 is 2.00 bits per heavy atom. The Morgan fingerprint density at radius 3 is 2.60 bits per heavy atom. The highest BCUT2D eigenvalue weighted by atomic mass is 79.9. The molecule has 1 aromatic heterocycles. The molecule has 0 aliphatic carbocycles. The molecule has 0 radical (unpaired) electrons. The summed E-state index contributed by atoms with van der Waals surface area (Å²) in [5.74, 6) is 0.523. The van der Waals surface area contributed by atoms with Gasteiger partial charge in [0.15, 0.2) is 4.67 Å². The van der Waals surface area contributed by atoms with Gasteiger partial charge in [0.1, 0.15) is 11.3 Å². The molecule has 1 amide bonds. The van der Waals surface area contributed by atoms with Crippen molar-refractivity contribution in [3.8, 4) is 5.75 Å². The summed E-state index contributed by atoms with van der Waals surface area (Å²) in [6.07, 6.45) is 0.00853. The first-order valence-electron chi connectivity index (χ1n) is 8.40. The van der Waals surface area contributed by atoms with Crippen LogP contribution in [0.25, 0.3) is 11.0 Å². The first kappa shape index (κ1) is 19.8. The van der Waals surface area contributed by atoms with Crippen molar-refractivity contribution >= 4 is 32.8 Å². The van der Waals surface area contributed by atoms with Crippen LogP contribution in [0.2, 0.25) is 0 Å². The summed E-state index contributed by atoms with van der Waals surface area (Å²) >= 11 is 3.34. The van der Waals surface area contributed by atoms with Gasteiger partial charge in [0, 0.05) is 24.7 Å². The van der Waals surface area contributed by atoms with Crippen molar-refractivity contribution in [2.45, 2.75) is 33.8 Å². The molecule has 138 valence electrons. The van der Waals surface area contributed by atoms with Gasteiger partial charge in [-0.15, -0.1) is 0 Å². The fourth-order valence-corrected chi connectivity index (χ4v) is 3.30. The maximum absolute atomic E-state index is 12.6. The lowest BCUT2D eigenvalue weighted by molar-refractivity contribution is 0.0928. The van der Waals surface area contributed by atoms with Gasteiger partial charge in [-0.2, -0.15) is 0 Å². The zero-order valence-corrected chi connectivity index (χ0v) is 17.4. The summed E-state index contributed by atoms with van der Waals surface area (Å²) in [6.45, 7) is 9.65. The van der Waals surface area contributed by atoms with E-state index in [-0.39, 0.29) is 17.4 Å². The number of nitrogens with one attached hydrogen (secondary N) is 1. The van der Waals surface area contributed by atoms with Crippen LogP contribution < -0.4 is 10.1 Å². The smallest absolute Gasteiger partial charge is 0.251 e. The van der Waals surface area contributed by atoms with E-state index in [1.807, 2.05) is 34.0 Å². The van der Waals surface area contributed by atoms with Gasteiger partial charge < -0.3 is 19.4 Å². The summed E-state index contributed by atoms with van der Waals surface area (Å²) in [6, 6.07) is 5.38. The molecule has 0 aliphatic heterocycles. The molecule has 5 nitrogen and oxygen atoms in total. The molecule has 1 N–H and O–H groups in total. The van der Waals surface area contributed by atoms with Crippen LogP contribution in [0.15, 0.2) is 27.3 Å². The highest BCUT2D eigenvalue weighted by Crippen LogP contribution is 2.33. The lowest BCUT2D eigenvalue weighted by Crippen LogP contribution is -2.39. The van der Waals surface area contributed by atoms with E-state index in [1.54, 1.807) is 12.1 Å². The molecule has 0 saturated heterocycles. The van der Waals surface area contributed by atoms with Gasteiger partial charge >= 0.3 is 0 Å². The summed E-state index contributed by atoms with van der Waals surface area (Å²) in [5.41, 5.74) is 1.14. The van der Waals surface area contributed by atoms with E-state index >= 15 is 0 Å². The maximum Gasteiger partial charge on any atom is 0.251 e. The Bertz CT molecular complexity index is 750. The van der Waals surface area contributed by atoms with E-state index in [4.69, 9.17) is 9.15 Å². The Morgan fingerprint density at radius 1 is 1.32 bits per heavy atom. The lowest BCUT2D eigenvalue weighted by Gasteiger charge is -2.28. The molecule has 1 aromatic carbocycles. The van der Waals surface area contributed by atoms with E-state index < -0.39 is 0 Å². The molecule has 0 fully saturated rings. The van der Waals surface area contributed by atoms with Crippen LogP contribution in [0.3, 0.4) is 0 Å². The molecular formula is C19H27BrN2O3. The minimum atomic E-state index is -0.130. The Labute approximate surface area is 157 Å². The SMILES string of the molecule is CC(C)Oc1cc(C(=O)NCC(C)(C)CN(C)C)cc2oc(Br)cc12. The second-order valence-corrected chi connectivity index (χ2v) is 8.47. The highest BCUT2D eigenvalue weighted by Gasteiger charge is 2.21. The van der Waals surface area contributed by atoms with Crippen LogP contribution in [0.4, 0.5) is 0 Å². The summed E-state index contributed by atoms with van der Waals surface area (Å²) in [5, 5.41) is 3.87. The Hall–Kier alpha value is -1.53. The first-order valence-corrected chi connectivity index (χ1v) is 9.19. The topological polar surface area (TPSA) is 54.7 Å². The normalized spacial score (nSPS) is 12.2. The van der Waals surface area contributed by atoms with Crippen molar-refractivity contribution in [2.75, 3.05) is 27.2 Å². The number of carbonyl (C=O) groups is 1. The minimum Gasteiger partial charge on any atom is -0.490 e. The molecule has 0 saturated carbocycles. The number of furan rings is 1. The van der Waals surface area contributed by atoms with Crippen molar-refractivity contribution in [1.82, 2.24) is 10.2 Å². The molecule has 6 heteroatoms. The standard InChI is InChI=1S/C19H27BrN2O3/c1-12(2)24-15-7-13(8-16-14(15)9-17(20)25-16)18(23)21-10-19(3,4)11-22(5)6/h7-9,12H,10-11H2,1-6H3,(H,21,23). The second kappa shape index (κ2) is 7.79. The number of rotatable bonds is 7. The van der Waals surface area contributed by atoms with E-state index in [9.17, 15) is 4.79 Å². The van der Waals surface area contributed by atoms with Gasteiger partial charge in [0.05, 0.1) is 11.5 Å². The average molecular weight is 411 g/mol. The van der Waals surface area contributed by atoms with Gasteiger partial charge in [0.2, 0.25) is 0 Å². The van der Waals surface area contributed by atoms with Crippen molar-refractivity contribution in [2.24, 2.45) is 5.41 Å². The zero-order chi connectivity index (χ0) is 18.8. The number of ether oxygens (including phenoxy) is 1. The third kappa shape index (κ3) is 5.47. The number of nitrogens with zero attached hydrogens (tertiary/aromatic N) is 1. The predicted octanol–water partition coefficient (Wildman–Crippen LogP) is 4.30. The van der Waals surface area contributed by atoms with E-state index in [0.29, 0.717) is 28.1 Å². The summed E-state index contributed by atoms with van der Waals surface area (Å²) in [7, 11) is 4.06. The van der Waals surface area contributed by atoms with Crippen molar-refractivity contribution in [3.05, 3.63) is 28.4 Å². The van der Waals surface area contributed by atoms with E-state index in [0.717, 1.165) is 11.9 Å². The number of benzene rings is 1. The third-order valence-corrected chi connectivity index (χ3v) is 4.06. The molecule has 1 heterocycles. The van der Waals surface area contributed by atoms with Crippen molar-refractivity contribution in [1.29, 1.82) is 0 Å². The van der Waals surface area contributed by atoms with Crippen LogP contribution in [0.5, 0.6) is 5.75 Å². The predicted molar refractivity (Wildman–Crippen MR) is 104 cm³/mol. The molecule has 0 aliphatic rings. The molecular weight excluding hydrogens is 384 g/mol. The zero-order valence-electron chi connectivity index (χ0n) is 15.8. The van der Waals surface area contributed by atoms with Crippen LogP contribution >= 0.6 is 15.9 Å². The molecule has 0 bridgehead atoms. The second-order valence-electron chi connectivity index (χ2n) is 7.69. The van der Waals surface area contributed by atoms with E-state index in [2.05, 4.69) is 40.0 Å². The molecule has 0 atom stereocenters. The average Bonchev–Trinajstić information content (AvgIpc) is 2.83. The largest absolute Gasteiger partial charge is 0.490 e. The van der Waals surface area contributed by atoms with Crippen LogP contribution in [0, 0.1) is 5.41 Å². The monoisotopic (exact) mass is 410 g/mol. The number of amides is 1. The lowest BCUT2D eigenvalue weighted by atomic mass is 9.93. The van der Waals surface area contributed by atoms with Crippen molar-refractivity contribution < 1.29 is 13.9 Å². The Balaban J connectivity index is 2.23. The maximum atomic E-state index is 12.6.